The first kappa shape index (κ1) is 22.6. The summed E-state index contributed by atoms with van der Waals surface area (Å²) in [6.45, 7) is 9.56. The first-order valence-electron chi connectivity index (χ1n) is 11.0. The normalized spacial score (nSPS) is 24.4. The predicted molar refractivity (Wildman–Crippen MR) is 123 cm³/mol. The van der Waals surface area contributed by atoms with Crippen LogP contribution >= 0.6 is 11.3 Å². The van der Waals surface area contributed by atoms with Gasteiger partial charge in [0.25, 0.3) is 0 Å². The second-order valence-electron chi connectivity index (χ2n) is 9.68. The van der Waals surface area contributed by atoms with Crippen molar-refractivity contribution in [3.05, 3.63) is 52.0 Å². The molecule has 1 saturated heterocycles. The number of fused-ring (bicyclic) bond motifs is 1. The number of alkyl carbamates (subject to hydrolysis) is 1. The molecule has 1 N–H and O–H groups in total. The van der Waals surface area contributed by atoms with Gasteiger partial charge in [-0.05, 0) is 51.5 Å². The van der Waals surface area contributed by atoms with Gasteiger partial charge in [-0.2, -0.15) is 0 Å². The highest BCUT2D eigenvalue weighted by Gasteiger charge is 2.68. The standard InChI is InChI=1S/C24H31N3O4S/c1-16-14-32-20(26-16)24(15-25-21(28)30-13-17-8-6-5-7-9-17)18-10-11-27(12-19(18)24)22(29)31-23(2,3)4/h5-9,14,18-19H,10-13,15H2,1-4H3,(H,25,28)/t18-,19+,24+/m1/s1. The molecule has 2 aliphatic rings. The average Bonchev–Trinajstić information content (AvgIpc) is 3.19. The third-order valence-electron chi connectivity index (χ3n) is 6.23. The summed E-state index contributed by atoms with van der Waals surface area (Å²) >= 11 is 1.63. The third kappa shape index (κ3) is 4.75. The minimum atomic E-state index is -0.523. The Bertz CT molecular complexity index is 971. The zero-order valence-electron chi connectivity index (χ0n) is 19.1. The van der Waals surface area contributed by atoms with Crippen LogP contribution < -0.4 is 5.32 Å². The van der Waals surface area contributed by atoms with Crippen molar-refractivity contribution in [3.8, 4) is 0 Å². The van der Waals surface area contributed by atoms with Gasteiger partial charge in [0, 0.05) is 36.1 Å². The number of rotatable bonds is 5. The number of aryl methyl sites for hydroxylation is 1. The van der Waals surface area contributed by atoms with E-state index in [0.717, 1.165) is 22.7 Å². The maximum atomic E-state index is 12.6. The molecule has 2 amide bonds. The number of piperidine rings is 1. The molecule has 7 nitrogen and oxygen atoms in total. The summed E-state index contributed by atoms with van der Waals surface area (Å²) in [5, 5.41) is 6.04. The second kappa shape index (κ2) is 8.73. The van der Waals surface area contributed by atoms with Crippen molar-refractivity contribution >= 4 is 23.5 Å². The Labute approximate surface area is 193 Å². The van der Waals surface area contributed by atoms with Gasteiger partial charge in [0.15, 0.2) is 0 Å². The molecular formula is C24H31N3O4S. The molecule has 1 aliphatic heterocycles. The van der Waals surface area contributed by atoms with Gasteiger partial charge in [-0.15, -0.1) is 11.3 Å². The van der Waals surface area contributed by atoms with E-state index in [-0.39, 0.29) is 24.0 Å². The van der Waals surface area contributed by atoms with Crippen LogP contribution in [0.2, 0.25) is 0 Å². The van der Waals surface area contributed by atoms with E-state index in [1.165, 1.54) is 0 Å². The number of thiazole rings is 1. The Kier molecular flexibility index (Phi) is 6.16. The second-order valence-corrected chi connectivity index (χ2v) is 10.5. The molecule has 32 heavy (non-hydrogen) atoms. The number of benzene rings is 1. The molecule has 1 aromatic carbocycles. The van der Waals surface area contributed by atoms with Crippen LogP contribution in [-0.2, 0) is 21.5 Å². The monoisotopic (exact) mass is 457 g/mol. The third-order valence-corrected chi connectivity index (χ3v) is 7.39. The van der Waals surface area contributed by atoms with Gasteiger partial charge in [0.05, 0.1) is 0 Å². The van der Waals surface area contributed by atoms with Gasteiger partial charge >= 0.3 is 12.2 Å². The van der Waals surface area contributed by atoms with Crippen molar-refractivity contribution in [3.63, 3.8) is 0 Å². The molecule has 2 aromatic rings. The minimum Gasteiger partial charge on any atom is -0.445 e. The van der Waals surface area contributed by atoms with Crippen molar-refractivity contribution in [1.82, 2.24) is 15.2 Å². The SMILES string of the molecule is Cc1csc([C@@]2(CNC(=O)OCc3ccccc3)[C@@H]3CCN(C(=O)OC(C)(C)C)C[C@@H]32)n1. The lowest BCUT2D eigenvalue weighted by atomic mass is 10.0. The average molecular weight is 458 g/mol. The van der Waals surface area contributed by atoms with E-state index in [1.54, 1.807) is 16.2 Å². The predicted octanol–water partition coefficient (Wildman–Crippen LogP) is 4.50. The van der Waals surface area contributed by atoms with E-state index >= 15 is 0 Å². The van der Waals surface area contributed by atoms with Crippen LogP contribution in [0.4, 0.5) is 9.59 Å². The minimum absolute atomic E-state index is 0.231. The summed E-state index contributed by atoms with van der Waals surface area (Å²) in [5.41, 5.74) is 1.14. The van der Waals surface area contributed by atoms with E-state index in [0.29, 0.717) is 25.6 Å². The highest BCUT2D eigenvalue weighted by Crippen LogP contribution is 2.63. The molecule has 3 atom stereocenters. The number of hydrogen-bond acceptors (Lipinski definition) is 6. The molecule has 2 fully saturated rings. The van der Waals surface area contributed by atoms with Crippen molar-refractivity contribution in [2.24, 2.45) is 11.8 Å². The fourth-order valence-corrected chi connectivity index (χ4v) is 5.81. The summed E-state index contributed by atoms with van der Waals surface area (Å²) in [4.78, 5) is 31.6. The van der Waals surface area contributed by atoms with Gasteiger partial charge in [-0.3, -0.25) is 0 Å². The maximum absolute atomic E-state index is 12.6. The van der Waals surface area contributed by atoms with Crippen molar-refractivity contribution in [2.45, 2.75) is 51.7 Å². The summed E-state index contributed by atoms with van der Waals surface area (Å²) in [7, 11) is 0. The summed E-state index contributed by atoms with van der Waals surface area (Å²) < 4.78 is 11.0. The van der Waals surface area contributed by atoms with Gasteiger partial charge in [0.1, 0.15) is 17.2 Å². The van der Waals surface area contributed by atoms with E-state index in [4.69, 9.17) is 14.5 Å². The number of amides is 2. The lowest BCUT2D eigenvalue weighted by Gasteiger charge is -2.29. The van der Waals surface area contributed by atoms with Crippen molar-refractivity contribution < 1.29 is 19.1 Å². The Balaban J connectivity index is 1.42. The summed E-state index contributed by atoms with van der Waals surface area (Å²) in [5.74, 6) is 0.616. The summed E-state index contributed by atoms with van der Waals surface area (Å²) in [6, 6.07) is 9.61. The zero-order valence-corrected chi connectivity index (χ0v) is 19.9. The lowest BCUT2D eigenvalue weighted by Crippen LogP contribution is -2.41. The topological polar surface area (TPSA) is 80.8 Å². The molecule has 0 spiro atoms. The summed E-state index contributed by atoms with van der Waals surface area (Å²) in [6.07, 6.45) is 0.153. The molecule has 0 radical (unpaired) electrons. The molecule has 0 bridgehead atoms. The van der Waals surface area contributed by atoms with Crippen molar-refractivity contribution in [2.75, 3.05) is 19.6 Å². The zero-order chi connectivity index (χ0) is 22.9. The molecule has 0 unspecified atom stereocenters. The van der Waals surface area contributed by atoms with Crippen LogP contribution in [0.5, 0.6) is 0 Å². The van der Waals surface area contributed by atoms with Crippen LogP contribution in [0.15, 0.2) is 35.7 Å². The number of hydrogen-bond donors (Lipinski definition) is 1. The van der Waals surface area contributed by atoms with Crippen LogP contribution in [0.3, 0.4) is 0 Å². The Morgan fingerprint density at radius 2 is 2.00 bits per heavy atom. The van der Waals surface area contributed by atoms with Gasteiger partial charge in [-0.25, -0.2) is 14.6 Å². The Hall–Kier alpha value is -2.61. The molecule has 172 valence electrons. The number of likely N-dealkylation sites (tertiary alicyclic amines) is 1. The largest absolute Gasteiger partial charge is 0.445 e. The Morgan fingerprint density at radius 3 is 2.66 bits per heavy atom. The number of carbonyl (C=O) groups is 2. The number of carbonyl (C=O) groups excluding carboxylic acids is 2. The molecule has 8 heteroatoms. The highest BCUT2D eigenvalue weighted by molar-refractivity contribution is 7.09. The van der Waals surface area contributed by atoms with E-state index in [9.17, 15) is 9.59 Å². The van der Waals surface area contributed by atoms with Gasteiger partial charge in [-0.1, -0.05) is 30.3 Å². The Morgan fingerprint density at radius 1 is 1.25 bits per heavy atom. The molecule has 1 saturated carbocycles. The van der Waals surface area contributed by atoms with E-state index < -0.39 is 11.7 Å². The highest BCUT2D eigenvalue weighted by atomic mass is 32.1. The molecular weight excluding hydrogens is 426 g/mol. The number of nitrogens with zero attached hydrogens (tertiary/aromatic N) is 2. The first-order chi connectivity index (χ1) is 15.2. The van der Waals surface area contributed by atoms with Gasteiger partial charge in [0.2, 0.25) is 0 Å². The van der Waals surface area contributed by atoms with Gasteiger partial charge < -0.3 is 19.7 Å². The molecule has 4 rings (SSSR count). The molecule has 2 heterocycles. The van der Waals surface area contributed by atoms with Crippen LogP contribution in [0.1, 0.15) is 43.5 Å². The van der Waals surface area contributed by atoms with Crippen LogP contribution in [0.25, 0.3) is 0 Å². The quantitative estimate of drug-likeness (QED) is 0.715. The van der Waals surface area contributed by atoms with Crippen LogP contribution in [-0.4, -0.2) is 47.3 Å². The van der Waals surface area contributed by atoms with E-state index in [2.05, 4.69) is 5.32 Å². The fourth-order valence-electron chi connectivity index (χ4n) is 4.68. The number of ether oxygens (including phenoxy) is 2. The number of nitrogens with one attached hydrogen (secondary N) is 1. The smallest absolute Gasteiger partial charge is 0.410 e. The van der Waals surface area contributed by atoms with E-state index in [1.807, 2.05) is 63.4 Å². The first-order valence-corrected chi connectivity index (χ1v) is 11.9. The maximum Gasteiger partial charge on any atom is 0.410 e. The fraction of sp³-hybridized carbons (Fsp3) is 0.542. The molecule has 1 aromatic heterocycles. The lowest BCUT2D eigenvalue weighted by molar-refractivity contribution is 0.0206. The number of aromatic nitrogens is 1. The van der Waals surface area contributed by atoms with Crippen molar-refractivity contribution in [1.29, 1.82) is 0 Å². The van der Waals surface area contributed by atoms with Crippen LogP contribution in [0, 0.1) is 18.8 Å². The molecule has 1 aliphatic carbocycles.